The maximum atomic E-state index is 13.4. The first-order chi connectivity index (χ1) is 11.0. The quantitative estimate of drug-likeness (QED) is 0.843. The van der Waals surface area contributed by atoms with Crippen molar-refractivity contribution in [3.8, 4) is 17.6 Å². The Morgan fingerprint density at radius 3 is 2.78 bits per heavy atom. The normalized spacial score (nSPS) is 10.7. The molecular formula is C15H12F2N2O3S. The van der Waals surface area contributed by atoms with Gasteiger partial charge in [0.05, 0.1) is 12.7 Å². The Morgan fingerprint density at radius 1 is 1.22 bits per heavy atom. The van der Waals surface area contributed by atoms with Crippen LogP contribution in [0.2, 0.25) is 0 Å². The number of benzene rings is 1. The van der Waals surface area contributed by atoms with E-state index in [1.54, 1.807) is 18.3 Å². The lowest BCUT2D eigenvalue weighted by Crippen LogP contribution is -2.25. The number of rotatable bonds is 5. The largest absolute Gasteiger partial charge is 0.479 e. The minimum atomic E-state index is -4.17. The highest BCUT2D eigenvalue weighted by molar-refractivity contribution is 7.89. The third-order valence-corrected chi connectivity index (χ3v) is 4.02. The zero-order chi connectivity index (χ0) is 16.7. The van der Waals surface area contributed by atoms with Crippen LogP contribution in [0.3, 0.4) is 0 Å². The van der Waals surface area contributed by atoms with Gasteiger partial charge in [0.15, 0.2) is 0 Å². The molecule has 0 amide bonds. The first kappa shape index (κ1) is 16.9. The minimum Gasteiger partial charge on any atom is -0.479 e. The van der Waals surface area contributed by atoms with Crippen molar-refractivity contribution < 1.29 is 21.9 Å². The molecule has 0 aliphatic rings. The highest BCUT2D eigenvalue weighted by Crippen LogP contribution is 2.15. The van der Waals surface area contributed by atoms with E-state index in [0.717, 1.165) is 12.1 Å². The first-order valence-corrected chi connectivity index (χ1v) is 7.90. The molecule has 0 bridgehead atoms. The predicted octanol–water partition coefficient (Wildman–Crippen LogP) is 1.72. The summed E-state index contributed by atoms with van der Waals surface area (Å²) in [5.41, 5.74) is 0. The summed E-state index contributed by atoms with van der Waals surface area (Å²) in [6.45, 7) is -0.212. The van der Waals surface area contributed by atoms with Gasteiger partial charge in [-0.2, -0.15) is 4.72 Å². The van der Waals surface area contributed by atoms with E-state index in [2.05, 4.69) is 21.5 Å². The second-order valence-corrected chi connectivity index (χ2v) is 5.97. The maximum Gasteiger partial charge on any atom is 0.244 e. The molecule has 0 unspecified atom stereocenters. The Bertz CT molecular complexity index is 831. The summed E-state index contributed by atoms with van der Waals surface area (Å²) in [7, 11) is -4.17. The molecule has 1 aromatic heterocycles. The van der Waals surface area contributed by atoms with Crippen LogP contribution in [0.15, 0.2) is 47.6 Å². The zero-order valence-electron chi connectivity index (χ0n) is 11.8. The van der Waals surface area contributed by atoms with Crippen LogP contribution in [0, 0.1) is 23.5 Å². The zero-order valence-corrected chi connectivity index (χ0v) is 12.6. The molecule has 1 aromatic carbocycles. The first-order valence-electron chi connectivity index (χ1n) is 6.42. The number of pyridine rings is 1. The third kappa shape index (κ3) is 5.02. The molecule has 0 radical (unpaired) electrons. The van der Waals surface area contributed by atoms with Crippen LogP contribution in [0.25, 0.3) is 0 Å². The Morgan fingerprint density at radius 2 is 2.04 bits per heavy atom. The Labute approximate surface area is 132 Å². The van der Waals surface area contributed by atoms with Gasteiger partial charge in [-0.25, -0.2) is 17.2 Å². The van der Waals surface area contributed by atoms with E-state index in [0.29, 0.717) is 11.8 Å². The minimum absolute atomic E-state index is 0.0434. The molecule has 0 aliphatic heterocycles. The van der Waals surface area contributed by atoms with Gasteiger partial charge in [-0.05, 0) is 30.3 Å². The highest BCUT2D eigenvalue weighted by Gasteiger charge is 2.18. The van der Waals surface area contributed by atoms with Gasteiger partial charge < -0.3 is 4.74 Å². The summed E-state index contributed by atoms with van der Waals surface area (Å²) >= 11 is 0. The summed E-state index contributed by atoms with van der Waals surface area (Å²) in [6.07, 6.45) is 3.11. The van der Waals surface area contributed by atoms with E-state index in [1.807, 2.05) is 0 Å². The van der Waals surface area contributed by atoms with E-state index in [4.69, 9.17) is 4.74 Å². The summed E-state index contributed by atoms with van der Waals surface area (Å²) < 4.78 is 57.4. The number of halogens is 2. The molecule has 0 atom stereocenters. The SMILES string of the molecule is O=S(=O)(NCC#CCOc1cccnc1)c1cc(F)ccc1F. The van der Waals surface area contributed by atoms with Gasteiger partial charge >= 0.3 is 0 Å². The highest BCUT2D eigenvalue weighted by atomic mass is 32.2. The van der Waals surface area contributed by atoms with Crippen molar-refractivity contribution in [1.82, 2.24) is 9.71 Å². The van der Waals surface area contributed by atoms with E-state index in [1.165, 1.54) is 6.20 Å². The molecule has 0 aliphatic carbocycles. The van der Waals surface area contributed by atoms with Gasteiger partial charge in [0.1, 0.15) is 28.9 Å². The van der Waals surface area contributed by atoms with Gasteiger partial charge in [0, 0.05) is 6.20 Å². The molecule has 5 nitrogen and oxygen atoms in total. The van der Waals surface area contributed by atoms with Crippen LogP contribution >= 0.6 is 0 Å². The molecule has 8 heteroatoms. The van der Waals surface area contributed by atoms with E-state index in [9.17, 15) is 17.2 Å². The molecule has 1 N–H and O–H groups in total. The lowest BCUT2D eigenvalue weighted by molar-refractivity contribution is 0.368. The number of hydrogen-bond donors (Lipinski definition) is 1. The molecule has 23 heavy (non-hydrogen) atoms. The van der Waals surface area contributed by atoms with Crippen molar-refractivity contribution in [3.63, 3.8) is 0 Å². The molecule has 0 fully saturated rings. The second-order valence-electron chi connectivity index (χ2n) is 4.23. The number of sulfonamides is 1. The van der Waals surface area contributed by atoms with Crippen molar-refractivity contribution in [2.75, 3.05) is 13.2 Å². The van der Waals surface area contributed by atoms with Gasteiger partial charge in [-0.1, -0.05) is 11.8 Å². The smallest absolute Gasteiger partial charge is 0.244 e. The van der Waals surface area contributed by atoms with Crippen LogP contribution in [0.1, 0.15) is 0 Å². The number of nitrogens with zero attached hydrogens (tertiary/aromatic N) is 1. The van der Waals surface area contributed by atoms with E-state index < -0.39 is 26.6 Å². The molecule has 2 aromatic rings. The van der Waals surface area contributed by atoms with Crippen LogP contribution < -0.4 is 9.46 Å². The topological polar surface area (TPSA) is 68.3 Å². The van der Waals surface area contributed by atoms with Crippen molar-refractivity contribution in [2.24, 2.45) is 0 Å². The van der Waals surface area contributed by atoms with Crippen molar-refractivity contribution in [1.29, 1.82) is 0 Å². The molecule has 0 spiro atoms. The van der Waals surface area contributed by atoms with Gasteiger partial charge in [-0.3, -0.25) is 4.98 Å². The molecule has 2 rings (SSSR count). The predicted molar refractivity (Wildman–Crippen MR) is 79.1 cm³/mol. The fourth-order valence-electron chi connectivity index (χ4n) is 1.56. The molecule has 1 heterocycles. The fourth-order valence-corrected chi connectivity index (χ4v) is 2.57. The molecule has 0 saturated carbocycles. The van der Waals surface area contributed by atoms with Crippen LogP contribution in [0.5, 0.6) is 5.75 Å². The lowest BCUT2D eigenvalue weighted by Gasteiger charge is -2.05. The van der Waals surface area contributed by atoms with Gasteiger partial charge in [0.2, 0.25) is 10.0 Å². The Hall–Kier alpha value is -2.50. The second kappa shape index (κ2) is 7.67. The van der Waals surface area contributed by atoms with Gasteiger partial charge in [0.25, 0.3) is 0 Å². The summed E-state index contributed by atoms with van der Waals surface area (Å²) in [6, 6.07) is 5.59. The molecular weight excluding hydrogens is 326 g/mol. The summed E-state index contributed by atoms with van der Waals surface area (Å²) in [5.74, 6) is 3.75. The number of ether oxygens (including phenoxy) is 1. The molecule has 120 valence electrons. The maximum absolute atomic E-state index is 13.4. The van der Waals surface area contributed by atoms with Crippen molar-refractivity contribution in [2.45, 2.75) is 4.90 Å². The summed E-state index contributed by atoms with van der Waals surface area (Å²) in [5, 5.41) is 0. The fraction of sp³-hybridized carbons (Fsp3) is 0.133. The van der Waals surface area contributed by atoms with Crippen LogP contribution in [0.4, 0.5) is 8.78 Å². The monoisotopic (exact) mass is 338 g/mol. The standard InChI is InChI=1S/C15H12F2N2O3S/c16-12-5-6-14(17)15(10-12)23(20,21)19-8-1-2-9-22-13-4-3-7-18-11-13/h3-7,10-11,19H,8-9H2. The average molecular weight is 338 g/mol. The Balaban J connectivity index is 1.88. The van der Waals surface area contributed by atoms with Crippen molar-refractivity contribution >= 4 is 10.0 Å². The molecule has 0 saturated heterocycles. The van der Waals surface area contributed by atoms with Crippen LogP contribution in [-0.4, -0.2) is 26.6 Å². The van der Waals surface area contributed by atoms with E-state index >= 15 is 0 Å². The number of aromatic nitrogens is 1. The number of nitrogens with one attached hydrogen (secondary N) is 1. The number of hydrogen-bond acceptors (Lipinski definition) is 4. The average Bonchev–Trinajstić information content (AvgIpc) is 2.54. The third-order valence-electron chi connectivity index (χ3n) is 2.60. The Kier molecular flexibility index (Phi) is 5.62. The lowest BCUT2D eigenvalue weighted by atomic mass is 10.3. The summed E-state index contributed by atoms with van der Waals surface area (Å²) in [4.78, 5) is 3.09. The van der Waals surface area contributed by atoms with Crippen LogP contribution in [-0.2, 0) is 10.0 Å². The van der Waals surface area contributed by atoms with Crippen molar-refractivity contribution in [3.05, 3.63) is 54.4 Å². The van der Waals surface area contributed by atoms with E-state index in [-0.39, 0.29) is 13.2 Å². The van der Waals surface area contributed by atoms with Gasteiger partial charge in [-0.15, -0.1) is 0 Å².